The van der Waals surface area contributed by atoms with Crippen LogP contribution in [0.15, 0.2) is 48.5 Å². The molecule has 0 bridgehead atoms. The number of anilines is 1. The van der Waals surface area contributed by atoms with Gasteiger partial charge in [0.05, 0.1) is 12.7 Å². The monoisotopic (exact) mass is 298 g/mol. The lowest BCUT2D eigenvalue weighted by atomic mass is 9.83. The molecule has 0 amide bonds. The van der Waals surface area contributed by atoms with E-state index in [4.69, 9.17) is 14.0 Å². The van der Waals surface area contributed by atoms with Crippen molar-refractivity contribution in [2.45, 2.75) is 0 Å². The number of aromatic nitrogens is 1. The van der Waals surface area contributed by atoms with Crippen molar-refractivity contribution in [1.29, 1.82) is 0 Å². The Balaban J connectivity index is 1.64. The van der Waals surface area contributed by atoms with Crippen LogP contribution < -0.4 is 15.2 Å². The quantitative estimate of drug-likeness (QED) is 0.800. The molecule has 2 aromatic rings. The molecule has 1 aromatic heterocycles. The zero-order valence-electron chi connectivity index (χ0n) is 12.6. The van der Waals surface area contributed by atoms with Crippen molar-refractivity contribution in [1.82, 2.24) is 4.98 Å². The third-order valence-corrected chi connectivity index (χ3v) is 3.58. The maximum Gasteiger partial charge on any atom is 0.513 e. The number of para-hydroxylation sites is 1. The third kappa shape index (κ3) is 3.58. The van der Waals surface area contributed by atoms with E-state index in [1.165, 1.54) is 5.69 Å². The van der Waals surface area contributed by atoms with E-state index in [1.807, 2.05) is 36.4 Å². The summed E-state index contributed by atoms with van der Waals surface area (Å²) in [6.07, 6.45) is 0. The van der Waals surface area contributed by atoms with Gasteiger partial charge in [0.15, 0.2) is 0 Å². The molecule has 0 unspecified atom stereocenters. The van der Waals surface area contributed by atoms with Gasteiger partial charge in [-0.05, 0) is 18.2 Å². The largest absolute Gasteiger partial charge is 0.513 e. The molecule has 1 aromatic carbocycles. The zero-order chi connectivity index (χ0) is 15.2. The normalized spacial score (nSPS) is 16.0. The lowest BCUT2D eigenvalue weighted by Crippen LogP contribution is -2.45. The highest BCUT2D eigenvalue weighted by molar-refractivity contribution is 6.60. The fourth-order valence-electron chi connectivity index (χ4n) is 2.44. The summed E-state index contributed by atoms with van der Waals surface area (Å²) in [5.74, 6) is 0.567. The van der Waals surface area contributed by atoms with Gasteiger partial charge in [-0.3, -0.25) is 0 Å². The van der Waals surface area contributed by atoms with E-state index in [1.54, 1.807) is 7.11 Å². The molecule has 1 fully saturated rings. The first-order chi connectivity index (χ1) is 10.9. The fourth-order valence-corrected chi connectivity index (χ4v) is 2.44. The Morgan fingerprint density at radius 3 is 2.41 bits per heavy atom. The Bertz CT molecular complexity index is 587. The topological polar surface area (TPSA) is 43.8 Å². The number of rotatable bonds is 3. The van der Waals surface area contributed by atoms with Crippen molar-refractivity contribution in [2.24, 2.45) is 0 Å². The number of hydrogen-bond acceptors (Lipinski definition) is 5. The lowest BCUT2D eigenvalue weighted by Gasteiger charge is -2.28. The number of hydrogen-bond donors (Lipinski definition) is 0. The van der Waals surface area contributed by atoms with Gasteiger partial charge in [0.25, 0.3) is 0 Å². The summed E-state index contributed by atoms with van der Waals surface area (Å²) in [6, 6.07) is 15.9. The summed E-state index contributed by atoms with van der Waals surface area (Å²) in [6.45, 7) is 2.82. The minimum absolute atomic E-state index is 0.437. The van der Waals surface area contributed by atoms with Crippen LogP contribution in [-0.2, 0) is 9.31 Å². The molecule has 0 N–H and O–H groups in total. The lowest BCUT2D eigenvalue weighted by molar-refractivity contribution is 0.197. The van der Waals surface area contributed by atoms with E-state index < -0.39 is 7.12 Å². The summed E-state index contributed by atoms with van der Waals surface area (Å²) >= 11 is 0. The SMILES string of the molecule is COc1cccc(B2OCCN(c3ccccc3)CCO2)n1. The van der Waals surface area contributed by atoms with Gasteiger partial charge in [0, 0.05) is 38.1 Å². The summed E-state index contributed by atoms with van der Waals surface area (Å²) < 4.78 is 16.8. The van der Waals surface area contributed by atoms with Crippen LogP contribution in [0.5, 0.6) is 5.88 Å². The third-order valence-electron chi connectivity index (χ3n) is 3.58. The van der Waals surface area contributed by atoms with Crippen LogP contribution in [0.2, 0.25) is 0 Å². The summed E-state index contributed by atoms with van der Waals surface area (Å²) in [7, 11) is 1.16. The Labute approximate surface area is 131 Å². The van der Waals surface area contributed by atoms with Crippen LogP contribution in [0, 0.1) is 0 Å². The Morgan fingerprint density at radius 2 is 1.73 bits per heavy atom. The minimum atomic E-state index is -0.437. The van der Waals surface area contributed by atoms with Gasteiger partial charge < -0.3 is 18.9 Å². The number of ether oxygens (including phenoxy) is 1. The molecule has 0 saturated carbocycles. The molecule has 5 nitrogen and oxygen atoms in total. The van der Waals surface area contributed by atoms with E-state index in [9.17, 15) is 0 Å². The van der Waals surface area contributed by atoms with Crippen LogP contribution in [0.1, 0.15) is 0 Å². The highest BCUT2D eigenvalue weighted by atomic mass is 16.6. The Kier molecular flexibility index (Phi) is 4.93. The molecular weight excluding hydrogens is 279 g/mol. The molecular formula is C16H19BN2O3. The molecule has 0 atom stereocenters. The smallest absolute Gasteiger partial charge is 0.481 e. The Hall–Kier alpha value is -2.05. The molecule has 1 saturated heterocycles. The molecule has 22 heavy (non-hydrogen) atoms. The van der Waals surface area contributed by atoms with Gasteiger partial charge in [-0.1, -0.05) is 24.3 Å². The maximum absolute atomic E-state index is 5.84. The van der Waals surface area contributed by atoms with Crippen molar-refractivity contribution in [3.63, 3.8) is 0 Å². The van der Waals surface area contributed by atoms with E-state index in [2.05, 4.69) is 22.0 Å². The second-order valence-corrected chi connectivity index (χ2v) is 5.00. The predicted octanol–water partition coefficient (Wildman–Crippen LogP) is 1.34. The second kappa shape index (κ2) is 7.29. The van der Waals surface area contributed by atoms with Crippen molar-refractivity contribution in [2.75, 3.05) is 38.3 Å². The first-order valence-electron chi connectivity index (χ1n) is 7.41. The number of benzene rings is 1. The van der Waals surface area contributed by atoms with Gasteiger partial charge in [-0.25, -0.2) is 4.98 Å². The molecule has 6 heteroatoms. The van der Waals surface area contributed by atoms with Crippen molar-refractivity contribution >= 4 is 18.4 Å². The fraction of sp³-hybridized carbons (Fsp3) is 0.312. The van der Waals surface area contributed by atoms with E-state index in [0.717, 1.165) is 18.7 Å². The number of nitrogens with zero attached hydrogens (tertiary/aromatic N) is 2. The molecule has 2 heterocycles. The van der Waals surface area contributed by atoms with Crippen LogP contribution in [0.4, 0.5) is 5.69 Å². The van der Waals surface area contributed by atoms with E-state index >= 15 is 0 Å². The van der Waals surface area contributed by atoms with Crippen LogP contribution in [0.3, 0.4) is 0 Å². The summed E-state index contributed by atoms with van der Waals surface area (Å²) in [4.78, 5) is 6.64. The Morgan fingerprint density at radius 1 is 1.00 bits per heavy atom. The first-order valence-corrected chi connectivity index (χ1v) is 7.41. The standard InChI is InChI=1S/C16H19BN2O3/c1-20-16-9-5-8-15(18-16)17-21-12-10-19(11-13-22-17)14-6-3-2-4-7-14/h2-9H,10-13H2,1H3. The average molecular weight is 298 g/mol. The predicted molar refractivity (Wildman–Crippen MR) is 86.7 cm³/mol. The number of pyridine rings is 1. The van der Waals surface area contributed by atoms with Crippen LogP contribution in [-0.4, -0.2) is 45.5 Å². The van der Waals surface area contributed by atoms with Gasteiger partial charge in [0.2, 0.25) is 5.88 Å². The first kappa shape index (κ1) is 14.9. The molecule has 0 spiro atoms. The number of methoxy groups -OCH3 is 1. The molecule has 3 rings (SSSR count). The van der Waals surface area contributed by atoms with Gasteiger partial charge >= 0.3 is 7.12 Å². The highest BCUT2D eigenvalue weighted by Crippen LogP contribution is 2.14. The van der Waals surface area contributed by atoms with Crippen molar-refractivity contribution < 1.29 is 14.0 Å². The van der Waals surface area contributed by atoms with E-state index in [0.29, 0.717) is 19.1 Å². The van der Waals surface area contributed by atoms with Crippen molar-refractivity contribution in [3.05, 3.63) is 48.5 Å². The molecule has 114 valence electrons. The second-order valence-electron chi connectivity index (χ2n) is 5.00. The average Bonchev–Trinajstić information content (AvgIpc) is 2.56. The molecule has 1 aliphatic heterocycles. The van der Waals surface area contributed by atoms with Gasteiger partial charge in [-0.2, -0.15) is 0 Å². The van der Waals surface area contributed by atoms with E-state index in [-0.39, 0.29) is 0 Å². The van der Waals surface area contributed by atoms with Crippen LogP contribution in [0.25, 0.3) is 0 Å². The van der Waals surface area contributed by atoms with Crippen molar-refractivity contribution in [3.8, 4) is 5.88 Å². The molecule has 1 aliphatic rings. The minimum Gasteiger partial charge on any atom is -0.481 e. The molecule has 0 radical (unpaired) electrons. The van der Waals surface area contributed by atoms with Gasteiger partial charge in [0.1, 0.15) is 0 Å². The van der Waals surface area contributed by atoms with Crippen LogP contribution >= 0.6 is 0 Å². The zero-order valence-corrected chi connectivity index (χ0v) is 12.6. The summed E-state index contributed by atoms with van der Waals surface area (Å²) in [5.41, 5.74) is 1.93. The van der Waals surface area contributed by atoms with Gasteiger partial charge in [-0.15, -0.1) is 0 Å². The summed E-state index contributed by atoms with van der Waals surface area (Å²) in [5, 5.41) is 0. The maximum atomic E-state index is 5.84. The highest BCUT2D eigenvalue weighted by Gasteiger charge is 2.26. The molecule has 0 aliphatic carbocycles.